The van der Waals surface area contributed by atoms with Gasteiger partial charge in [-0.25, -0.2) is 4.89 Å². The average Bonchev–Trinajstić information content (AvgIpc) is 2.49. The van der Waals surface area contributed by atoms with Crippen molar-refractivity contribution in [3.8, 4) is 0 Å². The minimum atomic E-state index is -2.46. The third-order valence-electron chi connectivity index (χ3n) is 3.01. The van der Waals surface area contributed by atoms with Gasteiger partial charge in [-0.1, -0.05) is 60.7 Å². The summed E-state index contributed by atoms with van der Waals surface area (Å²) in [6.45, 7) is 0.286. The van der Waals surface area contributed by atoms with E-state index in [0.29, 0.717) is 6.42 Å². The van der Waals surface area contributed by atoms with E-state index in [2.05, 4.69) is 28.9 Å². The van der Waals surface area contributed by atoms with Crippen LogP contribution in [-0.4, -0.2) is 16.4 Å². The largest absolute Gasteiger partial charge is 0.357 e. The molecule has 0 aliphatic heterocycles. The van der Waals surface area contributed by atoms with E-state index in [1.165, 1.54) is 11.1 Å². The Balaban J connectivity index is 2.06. The maximum absolute atomic E-state index is 8.62. The van der Waals surface area contributed by atoms with Gasteiger partial charge in [-0.2, -0.15) is 4.67 Å². The highest BCUT2D eigenvalue weighted by Crippen LogP contribution is 2.29. The van der Waals surface area contributed by atoms with Crippen LogP contribution in [0.25, 0.3) is 0 Å². The van der Waals surface area contributed by atoms with Crippen LogP contribution in [0, 0.1) is 0 Å². The van der Waals surface area contributed by atoms with Gasteiger partial charge in [0, 0.05) is 5.92 Å². The molecule has 106 valence electrons. The summed E-state index contributed by atoms with van der Waals surface area (Å²) in [7, 11) is -2.46. The predicted octanol–water partition coefficient (Wildman–Crippen LogP) is 3.37. The van der Waals surface area contributed by atoms with Crippen LogP contribution in [0.15, 0.2) is 60.7 Å². The molecule has 0 amide bonds. The summed E-state index contributed by atoms with van der Waals surface area (Å²) >= 11 is 0. The summed E-state index contributed by atoms with van der Waals surface area (Å²) in [5.41, 5.74) is 2.38. The van der Waals surface area contributed by atoms with Crippen molar-refractivity contribution in [1.29, 1.82) is 0 Å². The Hall–Kier alpha value is -1.29. The second-order valence-electron chi connectivity index (χ2n) is 4.31. The maximum atomic E-state index is 8.62. The van der Waals surface area contributed by atoms with E-state index >= 15 is 0 Å². The van der Waals surface area contributed by atoms with Crippen LogP contribution in [0.2, 0.25) is 0 Å². The van der Waals surface area contributed by atoms with Gasteiger partial charge >= 0.3 is 8.60 Å². The molecule has 0 spiro atoms. The van der Waals surface area contributed by atoms with Crippen LogP contribution in [0.5, 0.6) is 0 Å². The van der Waals surface area contributed by atoms with E-state index in [-0.39, 0.29) is 12.5 Å². The lowest BCUT2D eigenvalue weighted by atomic mass is 9.89. The van der Waals surface area contributed by atoms with E-state index in [0.717, 1.165) is 0 Å². The molecule has 2 aromatic rings. The van der Waals surface area contributed by atoms with Crippen molar-refractivity contribution in [2.24, 2.45) is 0 Å². The minimum absolute atomic E-state index is 0.185. The molecule has 0 aliphatic rings. The molecule has 0 fully saturated rings. The van der Waals surface area contributed by atoms with Crippen LogP contribution >= 0.6 is 8.60 Å². The normalized spacial score (nSPS) is 11.2. The first-order valence-corrected chi connectivity index (χ1v) is 7.51. The molecular formula is C15H17O4P. The summed E-state index contributed by atoms with van der Waals surface area (Å²) in [6.07, 6.45) is 0.692. The van der Waals surface area contributed by atoms with Crippen molar-refractivity contribution in [3.05, 3.63) is 71.8 Å². The van der Waals surface area contributed by atoms with Crippen molar-refractivity contribution in [3.63, 3.8) is 0 Å². The molecule has 0 heterocycles. The standard InChI is InChI=1S/C15H17O4P/c16-20(17)19-18-12-11-15(13-7-3-1-4-8-13)14-9-5-2-6-10-14/h1-10,15-17H,11-12H2. The first-order valence-electron chi connectivity index (χ1n) is 6.34. The Kier molecular flexibility index (Phi) is 6.12. The Labute approximate surface area is 119 Å². The number of hydrogen-bond acceptors (Lipinski definition) is 4. The van der Waals surface area contributed by atoms with Crippen LogP contribution in [0.3, 0.4) is 0 Å². The smallest absolute Gasteiger partial charge is 0.327 e. The third-order valence-corrected chi connectivity index (χ3v) is 3.25. The topological polar surface area (TPSA) is 58.9 Å². The molecule has 0 atom stereocenters. The van der Waals surface area contributed by atoms with Crippen molar-refractivity contribution >= 4 is 8.60 Å². The molecule has 0 unspecified atom stereocenters. The van der Waals surface area contributed by atoms with Gasteiger partial charge in [-0.3, -0.25) is 0 Å². The number of hydrogen-bond donors (Lipinski definition) is 2. The molecule has 0 saturated carbocycles. The van der Waals surface area contributed by atoms with Crippen molar-refractivity contribution < 1.29 is 19.3 Å². The fourth-order valence-corrected chi connectivity index (χ4v) is 2.32. The van der Waals surface area contributed by atoms with Gasteiger partial charge in [0.2, 0.25) is 0 Å². The first kappa shape index (κ1) is 15.1. The summed E-state index contributed by atoms with van der Waals surface area (Å²) in [6, 6.07) is 20.3. The van der Waals surface area contributed by atoms with Gasteiger partial charge in [-0.15, -0.1) is 0 Å². The Bertz CT molecular complexity index is 450. The highest BCUT2D eigenvalue weighted by molar-refractivity contribution is 7.39. The Morgan fingerprint density at radius 3 is 1.80 bits per heavy atom. The van der Waals surface area contributed by atoms with Crippen LogP contribution < -0.4 is 0 Å². The van der Waals surface area contributed by atoms with Crippen molar-refractivity contribution in [2.45, 2.75) is 12.3 Å². The minimum Gasteiger partial charge on any atom is -0.327 e. The zero-order valence-corrected chi connectivity index (χ0v) is 11.8. The molecule has 0 saturated heterocycles. The summed E-state index contributed by atoms with van der Waals surface area (Å²) in [5, 5.41) is 0. The fourth-order valence-electron chi connectivity index (χ4n) is 2.15. The van der Waals surface area contributed by atoms with Crippen LogP contribution in [-0.2, 0) is 9.56 Å². The lowest BCUT2D eigenvalue weighted by Gasteiger charge is -2.17. The van der Waals surface area contributed by atoms with Gasteiger partial charge in [0.05, 0.1) is 6.61 Å². The zero-order valence-electron chi connectivity index (χ0n) is 10.9. The molecular weight excluding hydrogens is 275 g/mol. The highest BCUT2D eigenvalue weighted by Gasteiger charge is 2.14. The molecule has 4 nitrogen and oxygen atoms in total. The molecule has 2 aromatic carbocycles. The second-order valence-corrected chi connectivity index (χ2v) is 4.97. The van der Waals surface area contributed by atoms with Crippen LogP contribution in [0.4, 0.5) is 0 Å². The summed E-state index contributed by atoms with van der Waals surface area (Å²) in [4.78, 5) is 22.0. The molecule has 5 heteroatoms. The Morgan fingerprint density at radius 1 is 0.850 bits per heavy atom. The predicted molar refractivity (Wildman–Crippen MR) is 77.7 cm³/mol. The van der Waals surface area contributed by atoms with Gasteiger partial charge in [0.1, 0.15) is 0 Å². The number of rotatable bonds is 7. The quantitative estimate of drug-likeness (QED) is 0.355. The van der Waals surface area contributed by atoms with Crippen LogP contribution in [0.1, 0.15) is 23.5 Å². The molecule has 0 bridgehead atoms. The lowest BCUT2D eigenvalue weighted by molar-refractivity contribution is -0.214. The van der Waals surface area contributed by atoms with E-state index in [1.807, 2.05) is 36.4 Å². The SMILES string of the molecule is OP(O)OOCCC(c1ccccc1)c1ccccc1. The number of benzene rings is 2. The molecule has 0 aliphatic carbocycles. The summed E-state index contributed by atoms with van der Waals surface area (Å²) < 4.78 is 4.34. The van der Waals surface area contributed by atoms with Gasteiger partial charge < -0.3 is 9.79 Å². The monoisotopic (exact) mass is 292 g/mol. The molecule has 2 rings (SSSR count). The molecule has 0 radical (unpaired) electrons. The Morgan fingerprint density at radius 2 is 1.35 bits per heavy atom. The maximum Gasteiger partial charge on any atom is 0.357 e. The van der Waals surface area contributed by atoms with E-state index in [4.69, 9.17) is 14.7 Å². The third kappa shape index (κ3) is 4.67. The van der Waals surface area contributed by atoms with Gasteiger partial charge in [0.25, 0.3) is 0 Å². The first-order chi connectivity index (χ1) is 9.77. The van der Waals surface area contributed by atoms with Crippen molar-refractivity contribution in [1.82, 2.24) is 0 Å². The molecule has 20 heavy (non-hydrogen) atoms. The van der Waals surface area contributed by atoms with Gasteiger partial charge in [-0.05, 0) is 17.5 Å². The van der Waals surface area contributed by atoms with E-state index in [9.17, 15) is 0 Å². The summed E-state index contributed by atoms with van der Waals surface area (Å²) in [5.74, 6) is 0.185. The van der Waals surface area contributed by atoms with E-state index < -0.39 is 8.60 Å². The average molecular weight is 292 g/mol. The fraction of sp³-hybridized carbons (Fsp3) is 0.200. The van der Waals surface area contributed by atoms with E-state index in [1.54, 1.807) is 0 Å². The van der Waals surface area contributed by atoms with Gasteiger partial charge in [0.15, 0.2) is 0 Å². The molecule has 2 N–H and O–H groups in total. The molecule has 0 aromatic heterocycles. The lowest BCUT2D eigenvalue weighted by Crippen LogP contribution is -2.05. The zero-order chi connectivity index (χ0) is 14.2. The highest BCUT2D eigenvalue weighted by atomic mass is 31.2. The second kappa shape index (κ2) is 8.10. The van der Waals surface area contributed by atoms with Crippen molar-refractivity contribution in [2.75, 3.05) is 6.61 Å².